The van der Waals surface area contributed by atoms with Crippen LogP contribution in [0, 0.1) is 5.92 Å². The van der Waals surface area contributed by atoms with Crippen LogP contribution in [0.3, 0.4) is 0 Å². The average molecular weight is 101 g/mol. The van der Waals surface area contributed by atoms with Crippen LogP contribution < -0.4 is 0 Å². The number of rotatable bonds is 3. The van der Waals surface area contributed by atoms with Crippen LogP contribution in [0.1, 0.15) is 41.4 Å². The molecule has 0 rings (SSSR count). The Morgan fingerprint density at radius 1 is 1.57 bits per heavy atom. The first-order valence-electron chi connectivity index (χ1n) is 3.66. The van der Waals surface area contributed by atoms with Gasteiger partial charge in [0.15, 0.2) is 0 Å². The summed E-state index contributed by atoms with van der Waals surface area (Å²) in [6.07, 6.45) is 2.39. The van der Waals surface area contributed by atoms with E-state index < -0.39 is 0 Å². The van der Waals surface area contributed by atoms with Gasteiger partial charge in [0.1, 0.15) is 0 Å². The molecule has 0 heterocycles. The Labute approximate surface area is 48.3 Å². The van der Waals surface area contributed by atoms with Crippen molar-refractivity contribution < 1.29 is 1.37 Å². The van der Waals surface area contributed by atoms with Crippen LogP contribution in [0.5, 0.6) is 0 Å². The second-order valence-electron chi connectivity index (χ2n) is 2.16. The Morgan fingerprint density at radius 2 is 2.14 bits per heavy atom. The second-order valence-corrected chi connectivity index (χ2v) is 2.16. The Bertz CT molecular complexity index is 50.3. The molecule has 0 N–H and O–H groups in total. The molecule has 0 saturated carbocycles. The minimum absolute atomic E-state index is 0.130. The van der Waals surface area contributed by atoms with Crippen molar-refractivity contribution in [1.29, 1.82) is 0 Å². The molecule has 0 nitrogen and oxygen atoms in total. The highest BCUT2D eigenvalue weighted by Gasteiger charge is 1.92. The lowest BCUT2D eigenvalue weighted by atomic mass is 10.0. The molecule has 0 radical (unpaired) electrons. The molecule has 0 bridgehead atoms. The summed E-state index contributed by atoms with van der Waals surface area (Å²) in [6, 6.07) is 0. The van der Waals surface area contributed by atoms with E-state index in [0.717, 1.165) is 12.3 Å². The highest BCUT2D eigenvalue weighted by molar-refractivity contribution is 4.45. The number of hydrogen-bond donors (Lipinski definition) is 0. The summed E-state index contributed by atoms with van der Waals surface area (Å²) in [6.45, 7) is 6.32. The average Bonchev–Trinajstić information content (AvgIpc) is 1.65. The first-order valence-corrected chi connectivity index (χ1v) is 3.09. The van der Waals surface area contributed by atoms with E-state index in [-0.39, 0.29) is 6.40 Å². The lowest BCUT2D eigenvalue weighted by molar-refractivity contribution is 0.509. The quantitative estimate of drug-likeness (QED) is 0.512. The fraction of sp³-hybridized carbons (Fsp3) is 1.00. The zero-order valence-corrected chi connectivity index (χ0v) is 5.57. The van der Waals surface area contributed by atoms with Crippen molar-refractivity contribution in [2.45, 2.75) is 40.0 Å². The molecular weight excluding hydrogens is 84.1 g/mol. The third-order valence-corrected chi connectivity index (χ3v) is 1.33. The van der Waals surface area contributed by atoms with E-state index in [1.165, 1.54) is 6.42 Å². The third-order valence-electron chi connectivity index (χ3n) is 1.33. The Hall–Kier alpha value is 0. The van der Waals surface area contributed by atoms with Crippen molar-refractivity contribution in [3.63, 3.8) is 0 Å². The molecular formula is C7H16. The summed E-state index contributed by atoms with van der Waals surface area (Å²) in [5.74, 6) is 0.738. The summed E-state index contributed by atoms with van der Waals surface area (Å²) in [7, 11) is 0. The van der Waals surface area contributed by atoms with Gasteiger partial charge in [0.25, 0.3) is 0 Å². The summed E-state index contributed by atoms with van der Waals surface area (Å²) in [5.41, 5.74) is 0. The van der Waals surface area contributed by atoms with Crippen LogP contribution in [0.25, 0.3) is 0 Å². The largest absolute Gasteiger partial charge is 0.0654 e. The standard InChI is InChI=1S/C7H16/c1-4-6-7(3)5-2/h7H,4-6H2,1-3H3/i4D. The van der Waals surface area contributed by atoms with Gasteiger partial charge in [-0.2, -0.15) is 0 Å². The Morgan fingerprint density at radius 3 is 2.29 bits per heavy atom. The highest BCUT2D eigenvalue weighted by Crippen LogP contribution is 2.07. The number of hydrogen-bond acceptors (Lipinski definition) is 0. The monoisotopic (exact) mass is 101 g/mol. The van der Waals surface area contributed by atoms with Gasteiger partial charge in [-0.1, -0.05) is 40.0 Å². The van der Waals surface area contributed by atoms with Crippen LogP contribution in [-0.2, 0) is 0 Å². The smallest absolute Gasteiger partial charge is 0.0264 e. The van der Waals surface area contributed by atoms with Crippen molar-refractivity contribution in [3.05, 3.63) is 0 Å². The molecule has 2 unspecified atom stereocenters. The molecule has 0 aliphatic heterocycles. The maximum absolute atomic E-state index is 7.21. The lowest BCUT2D eigenvalue weighted by Gasteiger charge is -2.02. The van der Waals surface area contributed by atoms with Gasteiger partial charge in [-0.25, -0.2) is 0 Å². The molecule has 0 fully saturated rings. The van der Waals surface area contributed by atoms with Crippen molar-refractivity contribution in [2.75, 3.05) is 0 Å². The van der Waals surface area contributed by atoms with Crippen LogP contribution in [0.15, 0.2) is 0 Å². The minimum atomic E-state index is 0.130. The van der Waals surface area contributed by atoms with Crippen LogP contribution >= 0.6 is 0 Å². The van der Waals surface area contributed by atoms with E-state index in [1.54, 1.807) is 0 Å². The van der Waals surface area contributed by atoms with Gasteiger partial charge in [-0.3, -0.25) is 0 Å². The zero-order chi connectivity index (χ0) is 6.57. The predicted molar refractivity (Wildman–Crippen MR) is 34.4 cm³/mol. The zero-order valence-electron chi connectivity index (χ0n) is 6.57. The van der Waals surface area contributed by atoms with Crippen molar-refractivity contribution >= 4 is 0 Å². The molecule has 0 aliphatic carbocycles. The topological polar surface area (TPSA) is 0 Å². The minimum Gasteiger partial charge on any atom is -0.0654 e. The SMILES string of the molecule is [2H]C(C)CC(C)CC. The molecule has 0 saturated heterocycles. The molecule has 0 aromatic heterocycles. The Balaban J connectivity index is 3.10. The summed E-state index contributed by atoms with van der Waals surface area (Å²) >= 11 is 0. The van der Waals surface area contributed by atoms with Gasteiger partial charge in [-0.05, 0) is 5.92 Å². The van der Waals surface area contributed by atoms with E-state index in [9.17, 15) is 0 Å². The summed E-state index contributed by atoms with van der Waals surface area (Å²) < 4.78 is 7.21. The van der Waals surface area contributed by atoms with E-state index in [4.69, 9.17) is 1.37 Å². The first-order chi connectivity index (χ1) is 3.66. The maximum atomic E-state index is 7.21. The molecule has 44 valence electrons. The lowest BCUT2D eigenvalue weighted by Crippen LogP contribution is -1.88. The molecule has 0 amide bonds. The highest BCUT2D eigenvalue weighted by atomic mass is 14.0. The summed E-state index contributed by atoms with van der Waals surface area (Å²) in [5, 5.41) is 0. The van der Waals surface area contributed by atoms with Gasteiger partial charge >= 0.3 is 0 Å². The molecule has 7 heavy (non-hydrogen) atoms. The molecule has 2 atom stereocenters. The first kappa shape index (κ1) is 5.14. The van der Waals surface area contributed by atoms with Crippen molar-refractivity contribution in [1.82, 2.24) is 0 Å². The molecule has 0 aliphatic rings. The molecule has 0 aromatic rings. The van der Waals surface area contributed by atoms with Gasteiger partial charge in [0.2, 0.25) is 0 Å². The fourth-order valence-corrected chi connectivity index (χ4v) is 0.569. The predicted octanol–water partition coefficient (Wildman–Crippen LogP) is 2.83. The van der Waals surface area contributed by atoms with E-state index in [1.807, 2.05) is 6.92 Å². The van der Waals surface area contributed by atoms with E-state index in [0.29, 0.717) is 0 Å². The van der Waals surface area contributed by atoms with Gasteiger partial charge in [0.05, 0.1) is 0 Å². The molecule has 0 heteroatoms. The second kappa shape index (κ2) is 4.17. The van der Waals surface area contributed by atoms with Crippen LogP contribution in [0.2, 0.25) is 0 Å². The van der Waals surface area contributed by atoms with E-state index in [2.05, 4.69) is 13.8 Å². The van der Waals surface area contributed by atoms with Gasteiger partial charge in [-0.15, -0.1) is 0 Å². The fourth-order valence-electron chi connectivity index (χ4n) is 0.569. The molecule has 0 aromatic carbocycles. The van der Waals surface area contributed by atoms with Crippen LogP contribution in [-0.4, -0.2) is 0 Å². The van der Waals surface area contributed by atoms with Crippen molar-refractivity contribution in [3.8, 4) is 0 Å². The van der Waals surface area contributed by atoms with Crippen LogP contribution in [0.4, 0.5) is 0 Å². The van der Waals surface area contributed by atoms with Crippen molar-refractivity contribution in [2.24, 2.45) is 5.92 Å². The van der Waals surface area contributed by atoms with E-state index >= 15 is 0 Å². The summed E-state index contributed by atoms with van der Waals surface area (Å²) in [4.78, 5) is 0. The van der Waals surface area contributed by atoms with Gasteiger partial charge < -0.3 is 0 Å². The maximum Gasteiger partial charge on any atom is 0.0264 e. The third kappa shape index (κ3) is 3.84. The Kier molecular flexibility index (Phi) is 3.06. The molecule has 0 spiro atoms. The van der Waals surface area contributed by atoms with Gasteiger partial charge in [0, 0.05) is 1.37 Å². The normalized spacial score (nSPS) is 20.7.